The number of thiazole rings is 1. The number of rotatable bonds is 5. The van der Waals surface area contributed by atoms with E-state index in [4.69, 9.17) is 0 Å². The monoisotopic (exact) mass is 374 g/mol. The molecule has 2 aromatic rings. The van der Waals surface area contributed by atoms with Gasteiger partial charge < -0.3 is 0 Å². The van der Waals surface area contributed by atoms with E-state index in [1.165, 1.54) is 11.3 Å². The Hall–Kier alpha value is -0.760. The van der Waals surface area contributed by atoms with Crippen LogP contribution >= 0.6 is 27.3 Å². The van der Waals surface area contributed by atoms with E-state index in [2.05, 4.69) is 25.6 Å². The third-order valence-electron chi connectivity index (χ3n) is 2.83. The van der Waals surface area contributed by atoms with E-state index in [-0.39, 0.29) is 10.8 Å². The number of sulfonamides is 1. The van der Waals surface area contributed by atoms with Gasteiger partial charge in [-0.15, -0.1) is 11.3 Å². The number of hydrogen-bond acceptors (Lipinski definition) is 4. The van der Waals surface area contributed by atoms with Crippen LogP contribution in [0.4, 0.5) is 0 Å². The van der Waals surface area contributed by atoms with Gasteiger partial charge in [0, 0.05) is 28.5 Å². The number of hydrogen-bond donors (Lipinski definition) is 1. The Morgan fingerprint density at radius 3 is 2.80 bits per heavy atom. The molecule has 0 fully saturated rings. The van der Waals surface area contributed by atoms with Gasteiger partial charge in [-0.2, -0.15) is 0 Å². The summed E-state index contributed by atoms with van der Waals surface area (Å²) in [6.45, 7) is 4.20. The number of nitrogens with one attached hydrogen (secondary N) is 1. The Labute approximate surface area is 131 Å². The number of aromatic nitrogens is 1. The van der Waals surface area contributed by atoms with Gasteiger partial charge in [0.25, 0.3) is 0 Å². The minimum absolute atomic E-state index is 0.0500. The third-order valence-corrected chi connectivity index (χ3v) is 6.24. The topological polar surface area (TPSA) is 59.1 Å². The van der Waals surface area contributed by atoms with Gasteiger partial charge in [-0.1, -0.05) is 13.0 Å². The molecule has 4 nitrogen and oxygen atoms in total. The molecule has 1 atom stereocenters. The van der Waals surface area contributed by atoms with Gasteiger partial charge in [-0.3, -0.25) is 0 Å². The molecule has 0 saturated carbocycles. The van der Waals surface area contributed by atoms with Gasteiger partial charge in [0.1, 0.15) is 0 Å². The first-order valence-electron chi connectivity index (χ1n) is 6.05. The predicted octanol–water partition coefficient (Wildman–Crippen LogP) is 3.30. The van der Waals surface area contributed by atoms with Crippen molar-refractivity contribution in [2.45, 2.75) is 24.7 Å². The molecule has 1 aromatic heterocycles. The minimum atomic E-state index is -3.51. The number of nitrogens with zero attached hydrogens (tertiary/aromatic N) is 1. The van der Waals surface area contributed by atoms with Crippen LogP contribution in [0.5, 0.6) is 0 Å². The highest BCUT2D eigenvalue weighted by Crippen LogP contribution is 2.23. The molecule has 7 heteroatoms. The Kier molecular flexibility index (Phi) is 4.95. The summed E-state index contributed by atoms with van der Waals surface area (Å²) in [6, 6.07) is 5.18. The zero-order chi connectivity index (χ0) is 14.8. The smallest absolute Gasteiger partial charge is 0.241 e. The highest BCUT2D eigenvalue weighted by atomic mass is 79.9. The molecule has 0 aliphatic heterocycles. The Bertz CT molecular complexity index is 684. The molecule has 1 unspecified atom stereocenters. The summed E-state index contributed by atoms with van der Waals surface area (Å²) in [5.41, 5.74) is 1.01. The van der Waals surface area contributed by atoms with Crippen molar-refractivity contribution in [2.75, 3.05) is 6.54 Å². The summed E-state index contributed by atoms with van der Waals surface area (Å²) in [7, 11) is -3.51. The quantitative estimate of drug-likeness (QED) is 0.873. The van der Waals surface area contributed by atoms with Crippen LogP contribution < -0.4 is 4.72 Å². The van der Waals surface area contributed by atoms with E-state index in [1.807, 2.05) is 19.2 Å². The first-order valence-corrected chi connectivity index (χ1v) is 9.21. The van der Waals surface area contributed by atoms with Gasteiger partial charge in [0.2, 0.25) is 10.0 Å². The van der Waals surface area contributed by atoms with Crippen molar-refractivity contribution in [3.63, 3.8) is 0 Å². The molecule has 0 spiro atoms. The Morgan fingerprint density at radius 2 is 2.20 bits per heavy atom. The summed E-state index contributed by atoms with van der Waals surface area (Å²) in [4.78, 5) is 4.45. The maximum Gasteiger partial charge on any atom is 0.241 e. The fraction of sp³-hybridized carbons (Fsp3) is 0.308. The lowest BCUT2D eigenvalue weighted by Gasteiger charge is -2.12. The van der Waals surface area contributed by atoms with E-state index in [0.29, 0.717) is 11.0 Å². The van der Waals surface area contributed by atoms with Crippen molar-refractivity contribution in [3.05, 3.63) is 44.8 Å². The van der Waals surface area contributed by atoms with Crippen molar-refractivity contribution < 1.29 is 8.42 Å². The molecule has 1 heterocycles. The van der Waals surface area contributed by atoms with Crippen LogP contribution in [0.1, 0.15) is 23.4 Å². The first kappa shape index (κ1) is 15.6. The molecule has 0 amide bonds. The molecule has 108 valence electrons. The van der Waals surface area contributed by atoms with Crippen molar-refractivity contribution in [2.24, 2.45) is 0 Å². The van der Waals surface area contributed by atoms with Crippen LogP contribution in [0, 0.1) is 6.92 Å². The van der Waals surface area contributed by atoms with Gasteiger partial charge in [0.15, 0.2) is 0 Å². The second-order valence-corrected chi connectivity index (χ2v) is 8.07. The lowest BCUT2D eigenvalue weighted by atomic mass is 10.2. The summed E-state index contributed by atoms with van der Waals surface area (Å²) >= 11 is 4.83. The number of benzene rings is 1. The summed E-state index contributed by atoms with van der Waals surface area (Å²) in [5.74, 6) is 0.0500. The van der Waals surface area contributed by atoms with E-state index >= 15 is 0 Å². The summed E-state index contributed by atoms with van der Waals surface area (Å²) in [6.07, 6.45) is 1.72. The van der Waals surface area contributed by atoms with Crippen LogP contribution in [0.3, 0.4) is 0 Å². The fourth-order valence-electron chi connectivity index (χ4n) is 1.70. The Morgan fingerprint density at radius 1 is 1.45 bits per heavy atom. The largest absolute Gasteiger partial charge is 0.249 e. The number of aryl methyl sites for hydroxylation is 1. The fourth-order valence-corrected chi connectivity index (χ4v) is 4.72. The lowest BCUT2D eigenvalue weighted by molar-refractivity contribution is 0.574. The van der Waals surface area contributed by atoms with E-state index in [9.17, 15) is 8.42 Å². The van der Waals surface area contributed by atoms with Crippen molar-refractivity contribution in [3.8, 4) is 0 Å². The highest BCUT2D eigenvalue weighted by molar-refractivity contribution is 9.10. The zero-order valence-electron chi connectivity index (χ0n) is 11.1. The molecular weight excluding hydrogens is 360 g/mol. The van der Waals surface area contributed by atoms with Gasteiger partial charge >= 0.3 is 0 Å². The highest BCUT2D eigenvalue weighted by Gasteiger charge is 2.19. The van der Waals surface area contributed by atoms with Gasteiger partial charge in [-0.25, -0.2) is 18.1 Å². The third kappa shape index (κ3) is 3.66. The average molecular weight is 375 g/mol. The molecule has 20 heavy (non-hydrogen) atoms. The molecular formula is C13H15BrN2O2S2. The molecule has 1 aromatic carbocycles. The van der Waals surface area contributed by atoms with Crippen LogP contribution in [-0.4, -0.2) is 19.9 Å². The predicted molar refractivity (Wildman–Crippen MR) is 84.6 cm³/mol. The molecule has 0 radical (unpaired) electrons. The number of halogens is 1. The molecule has 0 bridgehead atoms. The standard InChI is InChI=1S/C13H15BrN2O2S2/c1-9-3-4-12(11(14)7-9)20(17,18)16-8-10(2)13-15-5-6-19-13/h3-7,10,16H,8H2,1-2H3. The van der Waals surface area contributed by atoms with Crippen molar-refractivity contribution in [1.82, 2.24) is 9.71 Å². The van der Waals surface area contributed by atoms with Gasteiger partial charge in [0.05, 0.1) is 9.90 Å². The average Bonchev–Trinajstić information content (AvgIpc) is 2.89. The van der Waals surface area contributed by atoms with Crippen LogP contribution in [0.25, 0.3) is 0 Å². The molecule has 0 aliphatic rings. The summed E-state index contributed by atoms with van der Waals surface area (Å²) < 4.78 is 27.8. The van der Waals surface area contributed by atoms with E-state index < -0.39 is 10.0 Å². The van der Waals surface area contributed by atoms with E-state index in [1.54, 1.807) is 24.4 Å². The second kappa shape index (κ2) is 6.34. The van der Waals surface area contributed by atoms with Gasteiger partial charge in [-0.05, 0) is 40.5 Å². The zero-order valence-corrected chi connectivity index (χ0v) is 14.3. The maximum atomic E-state index is 12.3. The molecule has 2 rings (SSSR count). The summed E-state index contributed by atoms with van der Waals surface area (Å²) in [5, 5.41) is 2.81. The van der Waals surface area contributed by atoms with E-state index in [0.717, 1.165) is 10.6 Å². The lowest BCUT2D eigenvalue weighted by Crippen LogP contribution is -2.28. The molecule has 1 N–H and O–H groups in total. The molecule has 0 aliphatic carbocycles. The SMILES string of the molecule is Cc1ccc(S(=O)(=O)NCC(C)c2nccs2)c(Br)c1. The van der Waals surface area contributed by atoms with Crippen molar-refractivity contribution in [1.29, 1.82) is 0 Å². The Balaban J connectivity index is 2.11. The van der Waals surface area contributed by atoms with Crippen molar-refractivity contribution >= 4 is 37.3 Å². The second-order valence-electron chi connectivity index (χ2n) is 4.56. The maximum absolute atomic E-state index is 12.3. The van der Waals surface area contributed by atoms with Crippen LogP contribution in [0.15, 0.2) is 39.1 Å². The first-order chi connectivity index (χ1) is 9.40. The normalized spacial score (nSPS) is 13.3. The minimum Gasteiger partial charge on any atom is -0.249 e. The van der Waals surface area contributed by atoms with Crippen LogP contribution in [0.2, 0.25) is 0 Å². The molecule has 0 saturated heterocycles. The van der Waals surface area contributed by atoms with Crippen LogP contribution in [-0.2, 0) is 10.0 Å².